The first-order valence-corrected chi connectivity index (χ1v) is 8.97. The van der Waals surface area contributed by atoms with Crippen LogP contribution in [0.4, 0.5) is 0 Å². The number of hydrogen-bond acceptors (Lipinski definition) is 4. The van der Waals surface area contributed by atoms with Gasteiger partial charge in [-0.2, -0.15) is 0 Å². The number of nitrogens with zero attached hydrogens (tertiary/aromatic N) is 3. The van der Waals surface area contributed by atoms with Gasteiger partial charge in [0.25, 0.3) is 0 Å². The molecule has 3 atom stereocenters. The monoisotopic (exact) mass is 323 g/mol. The van der Waals surface area contributed by atoms with Crippen molar-refractivity contribution in [2.75, 3.05) is 39.3 Å². The summed E-state index contributed by atoms with van der Waals surface area (Å²) >= 11 is 0. The second-order valence-corrected chi connectivity index (χ2v) is 7.12. The predicted molar refractivity (Wildman–Crippen MR) is 87.0 cm³/mol. The van der Waals surface area contributed by atoms with Crippen molar-refractivity contribution in [1.29, 1.82) is 0 Å². The Labute approximate surface area is 138 Å². The maximum atomic E-state index is 12.6. The van der Waals surface area contributed by atoms with Crippen LogP contribution in [0.1, 0.15) is 39.5 Å². The Balaban J connectivity index is 1.60. The van der Waals surface area contributed by atoms with Crippen molar-refractivity contribution >= 4 is 11.8 Å². The zero-order valence-electron chi connectivity index (χ0n) is 14.4. The standard InChI is InChI=1S/C17H29N3O3/c1-13-11-19(9-10-23-13)17(22)12-18-7-3-5-15(18)16-6-4-8-20(16)14(2)21/h13,15-16H,3-12H2,1-2H3/t13-,15-,16-/m1/s1. The van der Waals surface area contributed by atoms with Crippen LogP contribution in [0.25, 0.3) is 0 Å². The van der Waals surface area contributed by atoms with Crippen LogP contribution in [0.15, 0.2) is 0 Å². The zero-order chi connectivity index (χ0) is 16.4. The van der Waals surface area contributed by atoms with Gasteiger partial charge >= 0.3 is 0 Å². The van der Waals surface area contributed by atoms with Crippen LogP contribution < -0.4 is 0 Å². The fourth-order valence-electron chi connectivity index (χ4n) is 4.39. The van der Waals surface area contributed by atoms with Crippen molar-refractivity contribution in [2.24, 2.45) is 0 Å². The summed E-state index contributed by atoms with van der Waals surface area (Å²) in [6.45, 7) is 8.04. The fraction of sp³-hybridized carbons (Fsp3) is 0.882. The molecule has 3 saturated heterocycles. The number of ether oxygens (including phenoxy) is 1. The lowest BCUT2D eigenvalue weighted by Gasteiger charge is -2.36. The second kappa shape index (κ2) is 7.18. The summed E-state index contributed by atoms with van der Waals surface area (Å²) in [4.78, 5) is 30.7. The highest BCUT2D eigenvalue weighted by Crippen LogP contribution is 2.30. The molecule has 3 fully saturated rings. The molecule has 0 radical (unpaired) electrons. The highest BCUT2D eigenvalue weighted by atomic mass is 16.5. The Morgan fingerprint density at radius 1 is 1.09 bits per heavy atom. The number of morpholine rings is 1. The van der Waals surface area contributed by atoms with E-state index in [-0.39, 0.29) is 17.9 Å². The summed E-state index contributed by atoms with van der Waals surface area (Å²) in [6.07, 6.45) is 4.51. The van der Waals surface area contributed by atoms with E-state index >= 15 is 0 Å². The van der Waals surface area contributed by atoms with Gasteiger partial charge < -0.3 is 14.5 Å². The molecule has 3 heterocycles. The van der Waals surface area contributed by atoms with Gasteiger partial charge in [-0.3, -0.25) is 14.5 Å². The Morgan fingerprint density at radius 2 is 1.83 bits per heavy atom. The lowest BCUT2D eigenvalue weighted by atomic mass is 10.0. The van der Waals surface area contributed by atoms with Crippen LogP contribution in [-0.4, -0.2) is 84.0 Å². The van der Waals surface area contributed by atoms with E-state index < -0.39 is 0 Å². The minimum Gasteiger partial charge on any atom is -0.375 e. The van der Waals surface area contributed by atoms with E-state index in [1.165, 1.54) is 0 Å². The van der Waals surface area contributed by atoms with Crippen molar-refractivity contribution in [3.05, 3.63) is 0 Å². The van der Waals surface area contributed by atoms with Gasteiger partial charge in [-0.1, -0.05) is 0 Å². The van der Waals surface area contributed by atoms with E-state index in [4.69, 9.17) is 4.74 Å². The van der Waals surface area contributed by atoms with Crippen LogP contribution >= 0.6 is 0 Å². The summed E-state index contributed by atoms with van der Waals surface area (Å²) in [6, 6.07) is 0.648. The topological polar surface area (TPSA) is 53.1 Å². The summed E-state index contributed by atoms with van der Waals surface area (Å²) in [5, 5.41) is 0. The van der Waals surface area contributed by atoms with Crippen molar-refractivity contribution in [3.8, 4) is 0 Å². The molecule has 0 bridgehead atoms. The molecule has 0 unspecified atom stereocenters. The minimum atomic E-state index is 0.130. The van der Waals surface area contributed by atoms with E-state index in [1.54, 1.807) is 6.92 Å². The Kier molecular flexibility index (Phi) is 5.21. The van der Waals surface area contributed by atoms with Crippen LogP contribution in [0.3, 0.4) is 0 Å². The van der Waals surface area contributed by atoms with Gasteiger partial charge in [-0.05, 0) is 39.2 Å². The number of amides is 2. The van der Waals surface area contributed by atoms with Gasteiger partial charge in [0.15, 0.2) is 0 Å². The fourth-order valence-corrected chi connectivity index (χ4v) is 4.39. The molecule has 2 amide bonds. The number of likely N-dealkylation sites (tertiary alicyclic amines) is 2. The SMILES string of the molecule is CC(=O)N1CCC[C@@H]1[C@H]1CCCN1CC(=O)N1CCO[C@H](C)C1. The average molecular weight is 323 g/mol. The molecule has 130 valence electrons. The molecule has 6 heteroatoms. The van der Waals surface area contributed by atoms with Gasteiger partial charge in [0.1, 0.15) is 0 Å². The maximum absolute atomic E-state index is 12.6. The molecular formula is C17H29N3O3. The molecule has 0 aromatic carbocycles. The summed E-state index contributed by atoms with van der Waals surface area (Å²) in [5.41, 5.74) is 0. The largest absolute Gasteiger partial charge is 0.375 e. The van der Waals surface area contributed by atoms with Gasteiger partial charge in [0.2, 0.25) is 11.8 Å². The van der Waals surface area contributed by atoms with Gasteiger partial charge in [-0.25, -0.2) is 0 Å². The molecule has 23 heavy (non-hydrogen) atoms. The van der Waals surface area contributed by atoms with Crippen LogP contribution in [0, 0.1) is 0 Å². The maximum Gasteiger partial charge on any atom is 0.236 e. The first-order valence-electron chi connectivity index (χ1n) is 8.97. The third kappa shape index (κ3) is 3.69. The van der Waals surface area contributed by atoms with Crippen molar-refractivity contribution in [3.63, 3.8) is 0 Å². The van der Waals surface area contributed by atoms with Gasteiger partial charge in [-0.15, -0.1) is 0 Å². The molecule has 3 rings (SSSR count). The quantitative estimate of drug-likeness (QED) is 0.767. The van der Waals surface area contributed by atoms with Crippen molar-refractivity contribution < 1.29 is 14.3 Å². The van der Waals surface area contributed by atoms with Gasteiger partial charge in [0.05, 0.1) is 19.3 Å². The number of rotatable bonds is 3. The van der Waals surface area contributed by atoms with E-state index in [0.717, 1.165) is 38.8 Å². The Bertz CT molecular complexity index is 456. The normalized spacial score (nSPS) is 32.5. The molecule has 0 aliphatic carbocycles. The Morgan fingerprint density at radius 3 is 2.57 bits per heavy atom. The number of carbonyl (C=O) groups is 2. The molecule has 0 aromatic heterocycles. The predicted octanol–water partition coefficient (Wildman–Crippen LogP) is 0.709. The number of carbonyl (C=O) groups excluding carboxylic acids is 2. The molecular weight excluding hydrogens is 294 g/mol. The Hall–Kier alpha value is -1.14. The van der Waals surface area contributed by atoms with E-state index in [0.29, 0.717) is 38.3 Å². The molecule has 3 aliphatic heterocycles. The van der Waals surface area contributed by atoms with Crippen LogP contribution in [0.2, 0.25) is 0 Å². The molecule has 0 aromatic rings. The third-order valence-electron chi connectivity index (χ3n) is 5.49. The van der Waals surface area contributed by atoms with Gasteiger partial charge in [0, 0.05) is 38.6 Å². The average Bonchev–Trinajstić information content (AvgIpc) is 3.15. The first-order chi connectivity index (χ1) is 11.1. The second-order valence-electron chi connectivity index (χ2n) is 7.12. The third-order valence-corrected chi connectivity index (χ3v) is 5.49. The smallest absolute Gasteiger partial charge is 0.236 e. The van der Waals surface area contributed by atoms with Crippen LogP contribution in [0.5, 0.6) is 0 Å². The first kappa shape index (κ1) is 16.7. The minimum absolute atomic E-state index is 0.130. The highest BCUT2D eigenvalue weighted by molar-refractivity contribution is 5.78. The van der Waals surface area contributed by atoms with Crippen LogP contribution in [-0.2, 0) is 14.3 Å². The lowest BCUT2D eigenvalue weighted by Crippen LogP contribution is -2.52. The highest BCUT2D eigenvalue weighted by Gasteiger charge is 2.39. The molecule has 0 saturated carbocycles. The molecule has 0 spiro atoms. The van der Waals surface area contributed by atoms with Crippen molar-refractivity contribution in [1.82, 2.24) is 14.7 Å². The van der Waals surface area contributed by atoms with E-state index in [1.807, 2.05) is 16.7 Å². The molecule has 0 N–H and O–H groups in total. The lowest BCUT2D eigenvalue weighted by molar-refractivity contribution is -0.140. The molecule has 3 aliphatic rings. The van der Waals surface area contributed by atoms with E-state index in [9.17, 15) is 9.59 Å². The summed E-state index contributed by atoms with van der Waals surface area (Å²) in [5.74, 6) is 0.382. The van der Waals surface area contributed by atoms with E-state index in [2.05, 4.69) is 4.90 Å². The summed E-state index contributed by atoms with van der Waals surface area (Å²) in [7, 11) is 0. The van der Waals surface area contributed by atoms with Crippen molar-refractivity contribution in [2.45, 2.75) is 57.7 Å². The molecule has 6 nitrogen and oxygen atoms in total. The zero-order valence-corrected chi connectivity index (χ0v) is 14.4. The summed E-state index contributed by atoms with van der Waals surface area (Å²) < 4.78 is 5.52. The number of hydrogen-bond donors (Lipinski definition) is 0.